The quantitative estimate of drug-likeness (QED) is 0.479. The molecule has 3 aliphatic heterocycles. The van der Waals surface area contributed by atoms with Gasteiger partial charge in [-0.2, -0.15) is 0 Å². The zero-order valence-electron chi connectivity index (χ0n) is 21.4. The van der Waals surface area contributed by atoms with Crippen LogP contribution < -0.4 is 10.6 Å². The number of ether oxygens (including phenoxy) is 1. The predicted octanol–water partition coefficient (Wildman–Crippen LogP) is 2.86. The first-order chi connectivity index (χ1) is 17.3. The number of anilines is 1. The minimum absolute atomic E-state index is 0.00967. The number of nitrogens with one attached hydrogen (secondary N) is 2. The zero-order chi connectivity index (χ0) is 25.5. The molecule has 8 nitrogen and oxygen atoms in total. The van der Waals surface area contributed by atoms with Gasteiger partial charge in [-0.3, -0.25) is 14.4 Å². The van der Waals surface area contributed by atoms with Crippen LogP contribution in [0.3, 0.4) is 0 Å². The summed E-state index contributed by atoms with van der Waals surface area (Å²) in [6.07, 6.45) is 6.97. The largest absolute Gasteiger partial charge is 0.396 e. The van der Waals surface area contributed by atoms with Crippen molar-refractivity contribution in [3.8, 4) is 0 Å². The maximum Gasteiger partial charge on any atom is 0.246 e. The number of hydrogen-bond acceptors (Lipinski definition) is 5. The van der Waals surface area contributed by atoms with Crippen molar-refractivity contribution in [1.29, 1.82) is 0 Å². The van der Waals surface area contributed by atoms with E-state index in [1.165, 1.54) is 6.42 Å². The average molecular weight is 498 g/mol. The molecule has 3 saturated heterocycles. The Balaban J connectivity index is 1.48. The van der Waals surface area contributed by atoms with Gasteiger partial charge in [-0.1, -0.05) is 44.4 Å². The van der Waals surface area contributed by atoms with E-state index in [2.05, 4.69) is 17.6 Å². The summed E-state index contributed by atoms with van der Waals surface area (Å²) in [5.74, 6) is -1.97. The van der Waals surface area contributed by atoms with Crippen LogP contribution in [0.15, 0.2) is 30.3 Å². The molecule has 1 spiro atoms. The van der Waals surface area contributed by atoms with E-state index in [1.807, 2.05) is 37.3 Å². The second-order valence-electron chi connectivity index (χ2n) is 11.4. The number of carbonyl (C=O) groups excluding carboxylic acids is 3. The first kappa shape index (κ1) is 25.2. The predicted molar refractivity (Wildman–Crippen MR) is 135 cm³/mol. The van der Waals surface area contributed by atoms with Crippen LogP contribution in [-0.4, -0.2) is 64.2 Å². The van der Waals surface area contributed by atoms with Gasteiger partial charge in [0.25, 0.3) is 0 Å². The number of fused-ring (bicyclic) bond motifs is 1. The molecule has 196 valence electrons. The van der Waals surface area contributed by atoms with Gasteiger partial charge >= 0.3 is 0 Å². The van der Waals surface area contributed by atoms with Crippen LogP contribution >= 0.6 is 0 Å². The van der Waals surface area contributed by atoms with E-state index in [4.69, 9.17) is 4.74 Å². The van der Waals surface area contributed by atoms with Crippen LogP contribution in [-0.2, 0) is 19.1 Å². The molecule has 36 heavy (non-hydrogen) atoms. The maximum absolute atomic E-state index is 14.0. The Bertz CT molecular complexity index is 996. The molecule has 5 rings (SSSR count). The number of carbonyl (C=O) groups is 3. The highest BCUT2D eigenvalue weighted by atomic mass is 16.5. The minimum atomic E-state index is -1.03. The van der Waals surface area contributed by atoms with E-state index in [1.54, 1.807) is 4.90 Å². The number of aliphatic hydroxyl groups is 1. The topological polar surface area (TPSA) is 108 Å². The lowest BCUT2D eigenvalue weighted by Crippen LogP contribution is -2.57. The number of nitrogens with zero attached hydrogens (tertiary/aromatic N) is 1. The SMILES string of the molecule is CC1CC23O[C@]1(C)[C@@H](C(=O)Nc1ccccc1)[C@H]2C(=O)N(CCCCO)C3C(=O)NC1CCCCC1. The third-order valence-electron chi connectivity index (χ3n) is 9.15. The molecule has 4 fully saturated rings. The Labute approximate surface area is 213 Å². The van der Waals surface area contributed by atoms with Crippen LogP contribution in [0.2, 0.25) is 0 Å². The molecule has 3 unspecified atom stereocenters. The second kappa shape index (κ2) is 9.78. The Morgan fingerprint density at radius 2 is 1.83 bits per heavy atom. The van der Waals surface area contributed by atoms with Gasteiger partial charge in [0, 0.05) is 24.9 Å². The lowest BCUT2D eigenvalue weighted by Gasteiger charge is -2.36. The number of benzene rings is 1. The fourth-order valence-corrected chi connectivity index (χ4v) is 7.34. The van der Waals surface area contributed by atoms with Gasteiger partial charge in [-0.05, 0) is 57.1 Å². The normalized spacial score (nSPS) is 35.6. The molecule has 0 aromatic heterocycles. The molecule has 4 aliphatic rings. The first-order valence-electron chi connectivity index (χ1n) is 13.6. The van der Waals surface area contributed by atoms with Crippen LogP contribution in [0.25, 0.3) is 0 Å². The molecule has 2 bridgehead atoms. The fraction of sp³-hybridized carbons (Fsp3) is 0.679. The van der Waals surface area contributed by atoms with Crippen LogP contribution in [0.1, 0.15) is 65.2 Å². The van der Waals surface area contributed by atoms with E-state index in [0.717, 1.165) is 25.7 Å². The summed E-state index contributed by atoms with van der Waals surface area (Å²) in [6, 6.07) is 8.59. The van der Waals surface area contributed by atoms with Gasteiger partial charge in [0.15, 0.2) is 0 Å². The standard InChI is InChI=1S/C28H39N3O5/c1-18-17-28-22(21(27(18,2)36-28)24(33)29-19-11-5-3-6-12-19)26(35)31(15-9-10-16-32)23(28)25(34)30-20-13-7-4-8-14-20/h3,5-6,11-12,18,20-23,32H,4,7-10,13-17H2,1-2H3,(H,29,33)(H,30,34)/t18?,21-,22+,23?,27+,28?/m1/s1. The molecule has 8 heteroatoms. The molecular formula is C28H39N3O5. The van der Waals surface area contributed by atoms with E-state index >= 15 is 0 Å². The first-order valence-corrected chi connectivity index (χ1v) is 13.6. The van der Waals surface area contributed by atoms with E-state index in [-0.39, 0.29) is 36.3 Å². The molecule has 0 radical (unpaired) electrons. The molecule has 1 aromatic rings. The number of unbranched alkanes of at least 4 members (excludes halogenated alkanes) is 1. The van der Waals surface area contributed by atoms with Crippen molar-refractivity contribution in [1.82, 2.24) is 10.2 Å². The number of aliphatic hydroxyl groups excluding tert-OH is 1. The summed E-state index contributed by atoms with van der Waals surface area (Å²) in [4.78, 5) is 43.2. The van der Waals surface area contributed by atoms with Crippen LogP contribution in [0.4, 0.5) is 5.69 Å². The van der Waals surface area contributed by atoms with Gasteiger partial charge in [-0.25, -0.2) is 0 Å². The summed E-state index contributed by atoms with van der Waals surface area (Å²) < 4.78 is 6.75. The van der Waals surface area contributed by atoms with Crippen molar-refractivity contribution in [2.24, 2.45) is 17.8 Å². The molecule has 3 amide bonds. The van der Waals surface area contributed by atoms with E-state index in [9.17, 15) is 19.5 Å². The monoisotopic (exact) mass is 497 g/mol. The van der Waals surface area contributed by atoms with Crippen molar-refractivity contribution < 1.29 is 24.2 Å². The lowest BCUT2D eigenvalue weighted by atomic mass is 9.62. The van der Waals surface area contributed by atoms with Crippen molar-refractivity contribution >= 4 is 23.4 Å². The summed E-state index contributed by atoms with van der Waals surface area (Å²) in [5, 5.41) is 15.6. The van der Waals surface area contributed by atoms with Crippen molar-refractivity contribution in [3.63, 3.8) is 0 Å². The summed E-state index contributed by atoms with van der Waals surface area (Å²) in [5.41, 5.74) is -1.19. The zero-order valence-corrected chi connectivity index (χ0v) is 21.4. The third-order valence-corrected chi connectivity index (χ3v) is 9.15. The summed E-state index contributed by atoms with van der Waals surface area (Å²) in [6.45, 7) is 4.38. The smallest absolute Gasteiger partial charge is 0.246 e. The Morgan fingerprint density at radius 3 is 2.53 bits per heavy atom. The van der Waals surface area contributed by atoms with Crippen LogP contribution in [0, 0.1) is 17.8 Å². The van der Waals surface area contributed by atoms with Crippen molar-refractivity contribution in [2.45, 2.75) is 88.5 Å². The fourth-order valence-electron chi connectivity index (χ4n) is 7.34. The number of hydrogen-bond donors (Lipinski definition) is 3. The van der Waals surface area contributed by atoms with Gasteiger partial charge in [0.1, 0.15) is 11.6 Å². The van der Waals surface area contributed by atoms with Crippen LogP contribution in [0.5, 0.6) is 0 Å². The molecule has 6 atom stereocenters. The highest BCUT2D eigenvalue weighted by molar-refractivity contribution is 6.02. The van der Waals surface area contributed by atoms with Crippen molar-refractivity contribution in [3.05, 3.63) is 30.3 Å². The second-order valence-corrected chi connectivity index (χ2v) is 11.4. The number of likely N-dealkylation sites (tertiary alicyclic amines) is 1. The highest BCUT2D eigenvalue weighted by Crippen LogP contribution is 2.65. The van der Waals surface area contributed by atoms with Gasteiger partial charge < -0.3 is 25.4 Å². The van der Waals surface area contributed by atoms with Crippen molar-refractivity contribution in [2.75, 3.05) is 18.5 Å². The molecule has 1 aliphatic carbocycles. The lowest BCUT2D eigenvalue weighted by molar-refractivity contribution is -0.146. The Morgan fingerprint density at radius 1 is 1.11 bits per heavy atom. The van der Waals surface area contributed by atoms with Gasteiger partial charge in [0.2, 0.25) is 17.7 Å². The molecule has 3 N–H and O–H groups in total. The van der Waals surface area contributed by atoms with E-state index in [0.29, 0.717) is 31.5 Å². The molecule has 1 aromatic carbocycles. The Kier molecular flexibility index (Phi) is 6.85. The molecule has 3 heterocycles. The number of rotatable bonds is 8. The van der Waals surface area contributed by atoms with Gasteiger partial charge in [-0.15, -0.1) is 0 Å². The maximum atomic E-state index is 14.0. The summed E-state index contributed by atoms with van der Waals surface area (Å²) >= 11 is 0. The molecular weight excluding hydrogens is 458 g/mol. The summed E-state index contributed by atoms with van der Waals surface area (Å²) in [7, 11) is 0. The minimum Gasteiger partial charge on any atom is -0.396 e. The average Bonchev–Trinajstić information content (AvgIpc) is 3.37. The highest BCUT2D eigenvalue weighted by Gasteiger charge is 2.79. The van der Waals surface area contributed by atoms with E-state index < -0.39 is 29.1 Å². The number of amides is 3. The number of para-hydroxylation sites is 1. The molecule has 1 saturated carbocycles. The Hall–Kier alpha value is -2.45. The third kappa shape index (κ3) is 4.02. The van der Waals surface area contributed by atoms with Gasteiger partial charge in [0.05, 0.1) is 17.4 Å².